The lowest BCUT2D eigenvalue weighted by atomic mass is 9.73. The molecule has 4 saturated carbocycles. The maximum absolute atomic E-state index is 15.4. The molecule has 37 heavy (non-hydrogen) atoms. The molecule has 7 rings (SSSR count). The molecule has 2 aliphatic heterocycles. The van der Waals surface area contributed by atoms with Crippen LogP contribution >= 0.6 is 0 Å². The maximum atomic E-state index is 15.4. The molecular formula is C28H34F3O5S+. The predicted octanol–water partition coefficient (Wildman–Crippen LogP) is 4.74. The molecule has 1 aromatic rings. The Hall–Kier alpha value is -1.55. The van der Waals surface area contributed by atoms with Crippen molar-refractivity contribution in [3.05, 3.63) is 36.4 Å². The topological polar surface area (TPSA) is 54.0 Å². The van der Waals surface area contributed by atoms with E-state index in [4.69, 9.17) is 18.9 Å². The maximum Gasteiger partial charge on any atom is 0.310 e. The average Bonchev–Trinajstić information content (AvgIpc) is 3.22. The molecule has 6 fully saturated rings. The molecule has 6 unspecified atom stereocenters. The Balaban J connectivity index is 1.17. The van der Waals surface area contributed by atoms with Crippen LogP contribution in [-0.4, -0.2) is 67.7 Å². The zero-order valence-electron chi connectivity index (χ0n) is 21.1. The molecular weight excluding hydrogens is 505 g/mol. The van der Waals surface area contributed by atoms with E-state index in [9.17, 15) is 13.6 Å². The first-order valence-electron chi connectivity index (χ1n) is 13.1. The van der Waals surface area contributed by atoms with E-state index in [0.717, 1.165) is 31.1 Å². The lowest BCUT2D eigenvalue weighted by molar-refractivity contribution is -0.289. The van der Waals surface area contributed by atoms with Gasteiger partial charge in [0.25, 0.3) is 0 Å². The second-order valence-corrected chi connectivity index (χ2v) is 13.7. The third-order valence-corrected chi connectivity index (χ3v) is 11.7. The number of carbonyl (C=O) groups is 1. The van der Waals surface area contributed by atoms with E-state index in [2.05, 4.69) is 18.7 Å². The number of ketones is 1. The molecule has 0 radical (unpaired) electrons. The minimum absolute atomic E-state index is 0.0495. The highest BCUT2D eigenvalue weighted by atomic mass is 32.2. The number of alkyl halides is 3. The fourth-order valence-corrected chi connectivity index (χ4v) is 9.36. The van der Waals surface area contributed by atoms with Gasteiger partial charge in [0.1, 0.15) is 30.5 Å². The van der Waals surface area contributed by atoms with Gasteiger partial charge in [-0.2, -0.15) is 8.78 Å². The van der Waals surface area contributed by atoms with E-state index < -0.39 is 36.0 Å². The Morgan fingerprint density at radius 3 is 2.49 bits per heavy atom. The quantitative estimate of drug-likeness (QED) is 0.386. The van der Waals surface area contributed by atoms with Gasteiger partial charge >= 0.3 is 5.92 Å². The predicted molar refractivity (Wildman–Crippen MR) is 133 cm³/mol. The lowest BCUT2D eigenvalue weighted by Gasteiger charge is -2.42. The lowest BCUT2D eigenvalue weighted by Crippen LogP contribution is -2.50. The number of hydrogen-bond donors (Lipinski definition) is 0. The van der Waals surface area contributed by atoms with Crippen molar-refractivity contribution in [2.24, 2.45) is 23.2 Å². The highest BCUT2D eigenvalue weighted by molar-refractivity contribution is 7.97. The Morgan fingerprint density at radius 1 is 1.08 bits per heavy atom. The molecule has 4 bridgehead atoms. The van der Waals surface area contributed by atoms with Gasteiger partial charge in [0.2, 0.25) is 5.67 Å². The summed E-state index contributed by atoms with van der Waals surface area (Å²) in [5, 5.41) is 0. The smallest absolute Gasteiger partial charge is 0.310 e. The van der Waals surface area contributed by atoms with Gasteiger partial charge < -0.3 is 18.9 Å². The summed E-state index contributed by atoms with van der Waals surface area (Å²) in [5.74, 6) is -2.81. The number of halogens is 3. The van der Waals surface area contributed by atoms with Crippen molar-refractivity contribution < 1.29 is 36.9 Å². The molecule has 202 valence electrons. The molecule has 1 aromatic carbocycles. The van der Waals surface area contributed by atoms with Crippen LogP contribution in [0.5, 0.6) is 5.75 Å². The minimum atomic E-state index is -3.76. The van der Waals surface area contributed by atoms with Gasteiger partial charge in [-0.25, -0.2) is 4.39 Å². The van der Waals surface area contributed by atoms with E-state index in [1.807, 2.05) is 12.1 Å². The monoisotopic (exact) mass is 539 g/mol. The van der Waals surface area contributed by atoms with Gasteiger partial charge in [-0.1, -0.05) is 6.58 Å². The molecule has 0 N–H and O–H groups in total. The molecule has 2 saturated heterocycles. The van der Waals surface area contributed by atoms with Crippen LogP contribution in [0.15, 0.2) is 41.3 Å². The van der Waals surface area contributed by atoms with Gasteiger partial charge in [-0.15, -0.1) is 0 Å². The van der Waals surface area contributed by atoms with Crippen LogP contribution in [0.4, 0.5) is 13.2 Å². The molecule has 0 amide bonds. The molecule has 9 heteroatoms. The number of rotatable bonds is 6. The summed E-state index contributed by atoms with van der Waals surface area (Å²) in [6.07, 6.45) is 2.56. The number of hydrogen-bond acceptors (Lipinski definition) is 5. The third kappa shape index (κ3) is 3.90. The molecule has 5 nitrogen and oxygen atoms in total. The van der Waals surface area contributed by atoms with Crippen molar-refractivity contribution in [2.45, 2.75) is 54.9 Å². The van der Waals surface area contributed by atoms with Crippen molar-refractivity contribution in [3.63, 3.8) is 0 Å². The minimum Gasteiger partial charge on any atom is -0.486 e. The fourth-order valence-electron chi connectivity index (χ4n) is 7.52. The Kier molecular flexibility index (Phi) is 6.25. The normalized spacial score (nSPS) is 40.6. The van der Waals surface area contributed by atoms with Crippen molar-refractivity contribution in [3.8, 4) is 5.75 Å². The molecule has 4 aliphatic carbocycles. The van der Waals surface area contributed by atoms with Gasteiger partial charge in [0, 0.05) is 28.1 Å². The van der Waals surface area contributed by atoms with Crippen LogP contribution < -0.4 is 4.74 Å². The second-order valence-electron chi connectivity index (χ2n) is 11.4. The first-order valence-corrected chi connectivity index (χ1v) is 14.7. The summed E-state index contributed by atoms with van der Waals surface area (Å²) in [6.45, 7) is 4.27. The molecule has 0 aromatic heterocycles. The van der Waals surface area contributed by atoms with Crippen molar-refractivity contribution in [1.82, 2.24) is 0 Å². The highest BCUT2D eigenvalue weighted by Crippen LogP contribution is 2.71. The van der Waals surface area contributed by atoms with Crippen molar-refractivity contribution >= 4 is 16.7 Å². The van der Waals surface area contributed by atoms with E-state index in [1.165, 1.54) is 11.8 Å². The first kappa shape index (κ1) is 25.7. The van der Waals surface area contributed by atoms with Gasteiger partial charge in [-0.05, 0) is 68.4 Å². The Bertz CT molecular complexity index is 1080. The van der Waals surface area contributed by atoms with Crippen LogP contribution in [-0.2, 0) is 29.9 Å². The van der Waals surface area contributed by atoms with Crippen LogP contribution in [0.25, 0.3) is 0 Å². The summed E-state index contributed by atoms with van der Waals surface area (Å²) in [6, 6.07) is 7.92. The standard InChI is InChI=1S/C28H34F3O5S/c1-18(2)26(29)16-35-28(36-17-27(26,30)31)20-11-19-12-23(28)25(13-19,14-20)24(32)15-34-21-3-5-22(6-4-21)37-9-7-33-8-10-37/h3-6,19-20,23H,1,7-17H2,2H3/q+1. The SMILES string of the molecule is C=C(C)C1(F)COC2(OCC1(F)F)C1CC3CC2C(C(=O)COc2ccc([S+]4CCOCC4)cc2)(C3)C1. The number of Topliss-reactive ketones (excluding diaryl/α,β-unsaturated/α-hetero) is 1. The van der Waals surface area contributed by atoms with Gasteiger partial charge in [-0.3, -0.25) is 4.79 Å². The van der Waals surface area contributed by atoms with E-state index in [-0.39, 0.29) is 40.7 Å². The summed E-state index contributed by atoms with van der Waals surface area (Å²) >= 11 is 0. The molecule has 1 spiro atoms. The Labute approximate surface area is 218 Å². The third-order valence-electron chi connectivity index (χ3n) is 9.43. The van der Waals surface area contributed by atoms with Crippen LogP contribution in [0.3, 0.4) is 0 Å². The zero-order valence-corrected chi connectivity index (χ0v) is 21.9. The number of ether oxygens (including phenoxy) is 4. The van der Waals surface area contributed by atoms with Crippen molar-refractivity contribution in [2.75, 3.05) is 44.5 Å². The van der Waals surface area contributed by atoms with Gasteiger partial charge in [0.05, 0.1) is 19.8 Å². The van der Waals surface area contributed by atoms with Crippen LogP contribution in [0, 0.1) is 23.2 Å². The average molecular weight is 540 g/mol. The molecule has 2 heterocycles. The zero-order chi connectivity index (χ0) is 26.1. The second kappa shape index (κ2) is 9.00. The molecule has 6 aliphatic rings. The number of benzene rings is 1. The van der Waals surface area contributed by atoms with Crippen LogP contribution in [0.2, 0.25) is 0 Å². The summed E-state index contributed by atoms with van der Waals surface area (Å²) in [7, 11) is 0.182. The summed E-state index contributed by atoms with van der Waals surface area (Å²) < 4.78 is 68.3. The van der Waals surface area contributed by atoms with E-state index in [1.54, 1.807) is 0 Å². The van der Waals surface area contributed by atoms with Gasteiger partial charge in [0.15, 0.2) is 16.5 Å². The number of carbonyl (C=O) groups excluding carboxylic acids is 1. The van der Waals surface area contributed by atoms with Crippen molar-refractivity contribution in [1.29, 1.82) is 0 Å². The van der Waals surface area contributed by atoms with Crippen LogP contribution in [0.1, 0.15) is 32.6 Å². The largest absolute Gasteiger partial charge is 0.486 e. The highest BCUT2D eigenvalue weighted by Gasteiger charge is 2.75. The first-order chi connectivity index (χ1) is 17.6. The fraction of sp³-hybridized carbons (Fsp3) is 0.679. The van der Waals surface area contributed by atoms with E-state index in [0.29, 0.717) is 30.9 Å². The summed E-state index contributed by atoms with van der Waals surface area (Å²) in [4.78, 5) is 15.0. The summed E-state index contributed by atoms with van der Waals surface area (Å²) in [5.41, 5.74) is -4.04. The molecule has 6 atom stereocenters. The van der Waals surface area contributed by atoms with E-state index >= 15 is 4.39 Å². The Morgan fingerprint density at radius 2 is 1.78 bits per heavy atom.